The van der Waals surface area contributed by atoms with Crippen LogP contribution in [0.15, 0.2) is 30.3 Å². The van der Waals surface area contributed by atoms with E-state index in [9.17, 15) is 5.11 Å². The first-order valence-corrected chi connectivity index (χ1v) is 6.32. The van der Waals surface area contributed by atoms with Crippen molar-refractivity contribution in [3.8, 4) is 11.8 Å². The van der Waals surface area contributed by atoms with E-state index in [0.717, 1.165) is 18.7 Å². The zero-order valence-corrected chi connectivity index (χ0v) is 11.1. The first kappa shape index (κ1) is 13.1. The average molecular weight is 244 g/mol. The lowest BCUT2D eigenvalue weighted by Crippen LogP contribution is -2.48. The molecular formula is C15H20N2O. The van der Waals surface area contributed by atoms with Crippen LogP contribution >= 0.6 is 0 Å². The fraction of sp³-hybridized carbons (Fsp3) is 0.467. The average Bonchev–Trinajstić information content (AvgIpc) is 2.38. The van der Waals surface area contributed by atoms with Gasteiger partial charge in [0.15, 0.2) is 0 Å². The minimum atomic E-state index is -0.831. The fourth-order valence-corrected chi connectivity index (χ4v) is 2.10. The second-order valence-corrected chi connectivity index (χ2v) is 4.95. The molecule has 0 aliphatic carbocycles. The molecule has 0 aromatic heterocycles. The summed E-state index contributed by atoms with van der Waals surface area (Å²) in [6.45, 7) is 1.71. The van der Waals surface area contributed by atoms with Crippen LogP contribution in [0, 0.1) is 11.8 Å². The highest BCUT2D eigenvalue weighted by Gasteiger charge is 2.31. The van der Waals surface area contributed by atoms with Gasteiger partial charge in [0.05, 0.1) is 0 Å². The maximum atomic E-state index is 10.4. The van der Waals surface area contributed by atoms with Crippen molar-refractivity contribution in [2.45, 2.75) is 18.4 Å². The number of piperidine rings is 1. The van der Waals surface area contributed by atoms with E-state index in [4.69, 9.17) is 0 Å². The van der Waals surface area contributed by atoms with Crippen LogP contribution in [0.25, 0.3) is 0 Å². The number of hydrogen-bond donors (Lipinski definition) is 1. The van der Waals surface area contributed by atoms with Crippen LogP contribution in [0.4, 0.5) is 0 Å². The maximum absolute atomic E-state index is 10.4. The third-order valence-corrected chi connectivity index (χ3v) is 3.35. The lowest BCUT2D eigenvalue weighted by atomic mass is 9.92. The standard InChI is InChI=1S/C15H20N2O/c1-16(2)17-12-10-15(18,11-13-17)9-8-14-6-4-3-5-7-14/h3-7,18H,10-13H2,1-2H3. The molecule has 18 heavy (non-hydrogen) atoms. The zero-order chi connectivity index (χ0) is 13.0. The van der Waals surface area contributed by atoms with Crippen LogP contribution < -0.4 is 0 Å². The summed E-state index contributed by atoms with van der Waals surface area (Å²) in [4.78, 5) is 0. The molecule has 1 fully saturated rings. The van der Waals surface area contributed by atoms with Gasteiger partial charge in [-0.3, -0.25) is 0 Å². The molecule has 3 nitrogen and oxygen atoms in total. The van der Waals surface area contributed by atoms with Crippen molar-refractivity contribution < 1.29 is 5.11 Å². The second kappa shape index (κ2) is 5.53. The molecule has 1 heterocycles. The molecule has 3 heteroatoms. The van der Waals surface area contributed by atoms with E-state index in [-0.39, 0.29) is 0 Å². The van der Waals surface area contributed by atoms with Crippen molar-refractivity contribution in [2.75, 3.05) is 27.2 Å². The van der Waals surface area contributed by atoms with Gasteiger partial charge in [-0.25, -0.2) is 10.0 Å². The van der Waals surface area contributed by atoms with Crippen LogP contribution in [0.3, 0.4) is 0 Å². The molecule has 1 saturated heterocycles. The molecule has 0 amide bonds. The Morgan fingerprint density at radius 1 is 1.17 bits per heavy atom. The van der Waals surface area contributed by atoms with Gasteiger partial charge in [0.2, 0.25) is 0 Å². The normalized spacial score (nSPS) is 19.3. The molecule has 0 radical (unpaired) electrons. The Bertz CT molecular complexity index is 437. The van der Waals surface area contributed by atoms with Crippen LogP contribution in [-0.2, 0) is 0 Å². The van der Waals surface area contributed by atoms with Gasteiger partial charge in [0, 0.05) is 45.6 Å². The summed E-state index contributed by atoms with van der Waals surface area (Å²) in [6.07, 6.45) is 1.40. The van der Waals surface area contributed by atoms with E-state index in [0.29, 0.717) is 12.8 Å². The minimum Gasteiger partial charge on any atom is -0.377 e. The van der Waals surface area contributed by atoms with Crippen molar-refractivity contribution in [2.24, 2.45) is 0 Å². The van der Waals surface area contributed by atoms with Gasteiger partial charge < -0.3 is 5.11 Å². The number of rotatable bonds is 1. The Morgan fingerprint density at radius 3 is 2.33 bits per heavy atom. The van der Waals surface area contributed by atoms with Gasteiger partial charge in [-0.1, -0.05) is 30.0 Å². The maximum Gasteiger partial charge on any atom is 0.128 e. The lowest BCUT2D eigenvalue weighted by molar-refractivity contribution is -0.0531. The van der Waals surface area contributed by atoms with Gasteiger partial charge in [-0.05, 0) is 12.1 Å². The molecule has 1 aromatic carbocycles. The predicted molar refractivity (Wildman–Crippen MR) is 72.8 cm³/mol. The molecule has 96 valence electrons. The quantitative estimate of drug-likeness (QED) is 0.755. The largest absolute Gasteiger partial charge is 0.377 e. The SMILES string of the molecule is CN(C)N1CCC(O)(C#Cc2ccccc2)CC1. The van der Waals surface area contributed by atoms with E-state index < -0.39 is 5.60 Å². The number of hydrogen-bond acceptors (Lipinski definition) is 3. The van der Waals surface area contributed by atoms with Crippen molar-refractivity contribution in [3.63, 3.8) is 0 Å². The van der Waals surface area contributed by atoms with E-state index in [1.165, 1.54) is 0 Å². The third-order valence-electron chi connectivity index (χ3n) is 3.35. The van der Waals surface area contributed by atoms with Crippen LogP contribution in [0.1, 0.15) is 18.4 Å². The monoisotopic (exact) mass is 244 g/mol. The molecule has 1 N–H and O–H groups in total. The van der Waals surface area contributed by atoms with Crippen molar-refractivity contribution in [1.29, 1.82) is 0 Å². The number of aliphatic hydroxyl groups is 1. The summed E-state index contributed by atoms with van der Waals surface area (Å²) in [5.74, 6) is 6.10. The summed E-state index contributed by atoms with van der Waals surface area (Å²) in [5.41, 5.74) is 0.128. The topological polar surface area (TPSA) is 26.7 Å². The Kier molecular flexibility index (Phi) is 4.03. The van der Waals surface area contributed by atoms with Gasteiger partial charge >= 0.3 is 0 Å². The number of nitrogens with zero attached hydrogens (tertiary/aromatic N) is 2. The third kappa shape index (κ3) is 3.33. The molecule has 1 aliphatic rings. The van der Waals surface area contributed by atoms with Crippen LogP contribution in [0.5, 0.6) is 0 Å². The van der Waals surface area contributed by atoms with Gasteiger partial charge in [0.25, 0.3) is 0 Å². The van der Waals surface area contributed by atoms with Crippen molar-refractivity contribution in [3.05, 3.63) is 35.9 Å². The Balaban J connectivity index is 2.00. The Labute approximate surface area is 109 Å². The zero-order valence-electron chi connectivity index (χ0n) is 11.1. The smallest absolute Gasteiger partial charge is 0.128 e. The van der Waals surface area contributed by atoms with Gasteiger partial charge in [-0.2, -0.15) is 0 Å². The molecule has 1 aromatic rings. The second-order valence-electron chi connectivity index (χ2n) is 4.95. The van der Waals surface area contributed by atoms with Crippen molar-refractivity contribution >= 4 is 0 Å². The first-order valence-electron chi connectivity index (χ1n) is 6.32. The van der Waals surface area contributed by atoms with Gasteiger partial charge in [-0.15, -0.1) is 0 Å². The Morgan fingerprint density at radius 2 is 1.78 bits per heavy atom. The molecule has 0 unspecified atom stereocenters. The lowest BCUT2D eigenvalue weighted by Gasteiger charge is -2.38. The number of hydrazine groups is 1. The molecule has 0 bridgehead atoms. The molecule has 0 atom stereocenters. The summed E-state index contributed by atoms with van der Waals surface area (Å²) in [5, 5.41) is 14.7. The van der Waals surface area contributed by atoms with E-state index in [2.05, 4.69) is 21.9 Å². The van der Waals surface area contributed by atoms with E-state index >= 15 is 0 Å². The summed E-state index contributed by atoms with van der Waals surface area (Å²) in [6, 6.07) is 9.82. The van der Waals surface area contributed by atoms with E-state index in [1.54, 1.807) is 0 Å². The highest BCUT2D eigenvalue weighted by atomic mass is 16.3. The van der Waals surface area contributed by atoms with Gasteiger partial charge in [0.1, 0.15) is 5.60 Å². The highest BCUT2D eigenvalue weighted by molar-refractivity contribution is 5.36. The minimum absolute atomic E-state index is 0.699. The summed E-state index contributed by atoms with van der Waals surface area (Å²) >= 11 is 0. The molecule has 2 rings (SSSR count). The molecule has 1 aliphatic heterocycles. The highest BCUT2D eigenvalue weighted by Crippen LogP contribution is 2.21. The summed E-state index contributed by atoms with van der Waals surface area (Å²) in [7, 11) is 4.06. The fourth-order valence-electron chi connectivity index (χ4n) is 2.10. The predicted octanol–water partition coefficient (Wildman–Crippen LogP) is 1.34. The summed E-state index contributed by atoms with van der Waals surface area (Å²) < 4.78 is 0. The first-order chi connectivity index (χ1) is 8.59. The van der Waals surface area contributed by atoms with Crippen LogP contribution in [0.2, 0.25) is 0 Å². The van der Waals surface area contributed by atoms with E-state index in [1.807, 2.05) is 44.4 Å². The molecule has 0 saturated carbocycles. The Hall–Kier alpha value is -1.34. The molecular weight excluding hydrogens is 224 g/mol. The van der Waals surface area contributed by atoms with Crippen molar-refractivity contribution in [1.82, 2.24) is 10.0 Å². The van der Waals surface area contributed by atoms with Crippen LogP contribution in [-0.4, -0.2) is 47.9 Å². The number of benzene rings is 1. The molecule has 0 spiro atoms.